The van der Waals surface area contributed by atoms with Crippen molar-refractivity contribution in [1.29, 1.82) is 0 Å². The molecule has 0 amide bonds. The van der Waals surface area contributed by atoms with Crippen molar-refractivity contribution in [3.05, 3.63) is 35.4 Å². The molecule has 2 N–H and O–H groups in total. The van der Waals surface area contributed by atoms with Crippen LogP contribution in [0.2, 0.25) is 0 Å². The number of hydrogen-bond acceptors (Lipinski definition) is 3. The average molecular weight is 305 g/mol. The molecule has 0 saturated heterocycles. The molecule has 0 heterocycles. The van der Waals surface area contributed by atoms with E-state index < -0.39 is 17.1 Å². The van der Waals surface area contributed by atoms with Gasteiger partial charge in [-0.1, -0.05) is 45.0 Å². The van der Waals surface area contributed by atoms with Crippen molar-refractivity contribution in [2.75, 3.05) is 0 Å². The van der Waals surface area contributed by atoms with Gasteiger partial charge in [-0.15, -0.1) is 0 Å². The minimum absolute atomic E-state index is 0.101. The number of carbonyl (C=O) groups is 1. The topological polar surface area (TPSA) is 52.3 Å². The van der Waals surface area contributed by atoms with Crippen LogP contribution < -0.4 is 5.73 Å². The maximum atomic E-state index is 12.4. The zero-order chi connectivity index (χ0) is 17.3. The van der Waals surface area contributed by atoms with E-state index in [9.17, 15) is 4.79 Å². The Hall–Kier alpha value is -1.35. The van der Waals surface area contributed by atoms with Gasteiger partial charge in [0.1, 0.15) is 5.60 Å². The highest BCUT2D eigenvalue weighted by molar-refractivity contribution is 5.77. The molecule has 0 saturated carbocycles. The third-order valence-corrected chi connectivity index (χ3v) is 3.84. The highest BCUT2D eigenvalue weighted by atomic mass is 16.6. The van der Waals surface area contributed by atoms with Crippen molar-refractivity contribution in [3.63, 3.8) is 0 Å². The maximum Gasteiger partial charge on any atom is 0.313 e. The normalized spacial score (nSPS) is 14.6. The molecule has 1 rings (SSSR count). The molecule has 1 aromatic rings. The molecule has 1 unspecified atom stereocenters. The molecule has 0 spiro atoms. The lowest BCUT2D eigenvalue weighted by molar-refractivity contribution is -0.167. The maximum absolute atomic E-state index is 12.4. The number of rotatable bonds is 3. The first-order chi connectivity index (χ1) is 9.75. The fourth-order valence-corrected chi connectivity index (χ4v) is 2.14. The van der Waals surface area contributed by atoms with E-state index in [2.05, 4.69) is 32.9 Å². The van der Waals surface area contributed by atoms with Crippen LogP contribution in [-0.4, -0.2) is 11.6 Å². The van der Waals surface area contributed by atoms with Crippen LogP contribution in [0, 0.1) is 5.41 Å². The zero-order valence-corrected chi connectivity index (χ0v) is 15.3. The Balaban J connectivity index is 2.99. The summed E-state index contributed by atoms with van der Waals surface area (Å²) in [5, 5.41) is 0. The fraction of sp³-hybridized carbons (Fsp3) is 0.632. The van der Waals surface area contributed by atoms with Gasteiger partial charge < -0.3 is 10.5 Å². The Morgan fingerprint density at radius 2 is 1.41 bits per heavy atom. The third kappa shape index (κ3) is 4.57. The van der Waals surface area contributed by atoms with Crippen molar-refractivity contribution in [2.24, 2.45) is 11.1 Å². The van der Waals surface area contributed by atoms with Gasteiger partial charge in [0.05, 0.1) is 5.41 Å². The Labute approximate surface area is 135 Å². The summed E-state index contributed by atoms with van der Waals surface area (Å²) in [7, 11) is 0. The molecule has 1 atom stereocenters. The molecule has 0 radical (unpaired) electrons. The predicted molar refractivity (Wildman–Crippen MR) is 91.7 cm³/mol. The quantitative estimate of drug-likeness (QED) is 0.845. The summed E-state index contributed by atoms with van der Waals surface area (Å²) in [5.41, 5.74) is 7.36. The van der Waals surface area contributed by atoms with Gasteiger partial charge >= 0.3 is 5.97 Å². The van der Waals surface area contributed by atoms with Crippen molar-refractivity contribution < 1.29 is 9.53 Å². The Morgan fingerprint density at radius 1 is 0.955 bits per heavy atom. The molecule has 0 aliphatic rings. The fourth-order valence-electron chi connectivity index (χ4n) is 2.14. The molecular weight excluding hydrogens is 274 g/mol. The predicted octanol–water partition coefficient (Wildman–Crippen LogP) is 4.35. The largest absolute Gasteiger partial charge is 0.460 e. The third-order valence-electron chi connectivity index (χ3n) is 3.84. The minimum Gasteiger partial charge on any atom is -0.460 e. The number of nitrogens with two attached hydrogens (primary N) is 1. The van der Waals surface area contributed by atoms with E-state index in [1.165, 1.54) is 5.56 Å². The lowest BCUT2D eigenvalue weighted by Gasteiger charge is -2.33. The van der Waals surface area contributed by atoms with E-state index in [0.29, 0.717) is 0 Å². The first-order valence-electron chi connectivity index (χ1n) is 7.84. The first kappa shape index (κ1) is 18.7. The van der Waals surface area contributed by atoms with Gasteiger partial charge in [-0.3, -0.25) is 4.79 Å². The van der Waals surface area contributed by atoms with E-state index in [1.807, 2.05) is 46.8 Å². The van der Waals surface area contributed by atoms with E-state index in [-0.39, 0.29) is 11.4 Å². The van der Waals surface area contributed by atoms with E-state index in [0.717, 1.165) is 5.56 Å². The van der Waals surface area contributed by atoms with Crippen molar-refractivity contribution in [2.45, 2.75) is 72.4 Å². The van der Waals surface area contributed by atoms with E-state index in [1.54, 1.807) is 0 Å². The Morgan fingerprint density at radius 3 is 1.77 bits per heavy atom. The molecule has 3 heteroatoms. The Bertz CT molecular complexity index is 516. The summed E-state index contributed by atoms with van der Waals surface area (Å²) in [4.78, 5) is 12.4. The van der Waals surface area contributed by atoms with Crippen LogP contribution in [0.3, 0.4) is 0 Å². The second-order valence-corrected chi connectivity index (χ2v) is 8.57. The summed E-state index contributed by atoms with van der Waals surface area (Å²) in [5.74, 6) is -0.271. The number of hydrogen-bond donors (Lipinski definition) is 1. The number of carbonyl (C=O) groups excluding carboxylic acids is 1. The second-order valence-electron chi connectivity index (χ2n) is 8.57. The molecule has 3 nitrogen and oxygen atoms in total. The molecule has 0 fully saturated rings. The average Bonchev–Trinajstić information content (AvgIpc) is 2.35. The number of esters is 1. The van der Waals surface area contributed by atoms with Gasteiger partial charge in [-0.2, -0.15) is 0 Å². The van der Waals surface area contributed by atoms with Gasteiger partial charge in [0, 0.05) is 6.04 Å². The molecule has 124 valence electrons. The summed E-state index contributed by atoms with van der Waals surface area (Å²) < 4.78 is 5.50. The highest BCUT2D eigenvalue weighted by Gasteiger charge is 2.39. The van der Waals surface area contributed by atoms with E-state index in [4.69, 9.17) is 10.5 Å². The molecule has 0 aliphatic carbocycles. The number of benzene rings is 1. The lowest BCUT2D eigenvalue weighted by atomic mass is 9.79. The summed E-state index contributed by atoms with van der Waals surface area (Å²) in [6, 6.07) is 7.78. The van der Waals surface area contributed by atoms with Gasteiger partial charge in [-0.25, -0.2) is 0 Å². The van der Waals surface area contributed by atoms with Gasteiger partial charge in [0.2, 0.25) is 0 Å². The summed E-state index contributed by atoms with van der Waals surface area (Å²) in [6.07, 6.45) is 0. The molecule has 0 bridgehead atoms. The second kappa shape index (κ2) is 6.04. The van der Waals surface area contributed by atoms with Crippen LogP contribution in [-0.2, 0) is 14.9 Å². The van der Waals surface area contributed by atoms with Gasteiger partial charge in [0.15, 0.2) is 0 Å². The molecule has 1 aromatic carbocycles. The van der Waals surface area contributed by atoms with Crippen molar-refractivity contribution in [1.82, 2.24) is 0 Å². The standard InChI is InChI=1S/C19H31NO2/c1-17(2,3)14-11-9-13(10-12-14)15(20)19(7,8)16(21)22-18(4,5)6/h9-12,15H,20H2,1-8H3. The molecule has 22 heavy (non-hydrogen) atoms. The smallest absolute Gasteiger partial charge is 0.313 e. The monoisotopic (exact) mass is 305 g/mol. The van der Waals surface area contributed by atoms with Gasteiger partial charge in [0.25, 0.3) is 0 Å². The minimum atomic E-state index is -0.781. The number of ether oxygens (including phenoxy) is 1. The summed E-state index contributed by atoms with van der Waals surface area (Å²) >= 11 is 0. The van der Waals surface area contributed by atoms with Crippen LogP contribution in [0.5, 0.6) is 0 Å². The molecule has 0 aromatic heterocycles. The SMILES string of the molecule is CC(C)(C)OC(=O)C(C)(C)C(N)c1ccc(C(C)(C)C)cc1. The zero-order valence-electron chi connectivity index (χ0n) is 15.3. The van der Waals surface area contributed by atoms with Crippen LogP contribution in [0.1, 0.15) is 72.6 Å². The van der Waals surface area contributed by atoms with E-state index >= 15 is 0 Å². The van der Waals surface area contributed by atoms with Gasteiger partial charge in [-0.05, 0) is 51.2 Å². The lowest BCUT2D eigenvalue weighted by Crippen LogP contribution is -2.41. The Kier molecular flexibility index (Phi) is 5.13. The van der Waals surface area contributed by atoms with Crippen LogP contribution >= 0.6 is 0 Å². The van der Waals surface area contributed by atoms with Crippen LogP contribution in [0.15, 0.2) is 24.3 Å². The summed E-state index contributed by atoms with van der Waals surface area (Å²) in [6.45, 7) is 15.8. The van der Waals surface area contributed by atoms with Crippen LogP contribution in [0.4, 0.5) is 0 Å². The van der Waals surface area contributed by atoms with Crippen molar-refractivity contribution in [3.8, 4) is 0 Å². The first-order valence-corrected chi connectivity index (χ1v) is 7.84. The highest BCUT2D eigenvalue weighted by Crippen LogP contribution is 2.34. The van der Waals surface area contributed by atoms with Crippen LogP contribution in [0.25, 0.3) is 0 Å². The van der Waals surface area contributed by atoms with Crippen molar-refractivity contribution >= 4 is 5.97 Å². The molecule has 0 aliphatic heterocycles. The molecular formula is C19H31NO2.